The molecule has 0 saturated carbocycles. The van der Waals surface area contributed by atoms with Crippen LogP contribution in [-0.4, -0.2) is 36.1 Å². The molecule has 3 nitrogen and oxygen atoms in total. The average Bonchev–Trinajstić information content (AvgIpc) is 2.66. The van der Waals surface area contributed by atoms with Crippen LogP contribution in [0.15, 0.2) is 5.38 Å². The molecular weight excluding hydrogens is 218 g/mol. The van der Waals surface area contributed by atoms with E-state index >= 15 is 0 Å². The van der Waals surface area contributed by atoms with E-state index in [0.717, 1.165) is 6.42 Å². The number of aromatic nitrogens is 1. The smallest absolute Gasteiger partial charge is 0.0960 e. The molecule has 0 aromatic carbocycles. The molecule has 0 radical (unpaired) electrons. The predicted octanol–water partition coefficient (Wildman–Crippen LogP) is 1.84. The molecule has 0 aliphatic carbocycles. The Morgan fingerprint density at radius 3 is 2.88 bits per heavy atom. The molecule has 1 unspecified atom stereocenters. The maximum atomic E-state index is 5.79. The highest BCUT2D eigenvalue weighted by Gasteiger charge is 2.21. The molecule has 1 aromatic rings. The van der Waals surface area contributed by atoms with Gasteiger partial charge in [-0.3, -0.25) is 0 Å². The molecule has 4 heteroatoms. The van der Waals surface area contributed by atoms with Crippen molar-refractivity contribution in [3.05, 3.63) is 16.1 Å². The van der Waals surface area contributed by atoms with Crippen LogP contribution < -0.4 is 5.73 Å². The minimum absolute atomic E-state index is 0.215. The number of nitrogens with zero attached hydrogens (tertiary/aromatic N) is 2. The minimum atomic E-state index is 0.215. The van der Waals surface area contributed by atoms with E-state index in [0.29, 0.717) is 5.92 Å². The Kier molecular flexibility index (Phi) is 3.95. The summed E-state index contributed by atoms with van der Waals surface area (Å²) in [7, 11) is 2.19. The summed E-state index contributed by atoms with van der Waals surface area (Å²) in [6.07, 6.45) is 3.41. The molecule has 1 aliphatic heterocycles. The third-order valence-electron chi connectivity index (χ3n) is 3.17. The zero-order valence-electron chi connectivity index (χ0n) is 10.1. The van der Waals surface area contributed by atoms with E-state index in [2.05, 4.69) is 17.3 Å². The lowest BCUT2D eigenvalue weighted by molar-refractivity contribution is 0.255. The Morgan fingerprint density at radius 1 is 1.56 bits per heavy atom. The number of hydrogen-bond donors (Lipinski definition) is 1. The van der Waals surface area contributed by atoms with Crippen molar-refractivity contribution in [1.82, 2.24) is 9.88 Å². The molecule has 2 N–H and O–H groups in total. The third kappa shape index (κ3) is 3.03. The first kappa shape index (κ1) is 12.0. The van der Waals surface area contributed by atoms with Gasteiger partial charge in [-0.05, 0) is 39.9 Å². The molecule has 1 saturated heterocycles. The van der Waals surface area contributed by atoms with Crippen molar-refractivity contribution in [3.63, 3.8) is 0 Å². The van der Waals surface area contributed by atoms with E-state index in [1.54, 1.807) is 0 Å². The molecule has 0 spiro atoms. The monoisotopic (exact) mass is 239 g/mol. The highest BCUT2D eigenvalue weighted by molar-refractivity contribution is 7.09. The first-order chi connectivity index (χ1) is 7.65. The largest absolute Gasteiger partial charge is 0.328 e. The molecule has 1 fully saturated rings. The van der Waals surface area contributed by atoms with Crippen molar-refractivity contribution in [2.45, 2.75) is 38.1 Å². The zero-order valence-corrected chi connectivity index (χ0v) is 11.0. The fraction of sp³-hybridized carbons (Fsp3) is 0.750. The van der Waals surface area contributed by atoms with Gasteiger partial charge in [0.2, 0.25) is 0 Å². The first-order valence-electron chi connectivity index (χ1n) is 6.03. The molecule has 90 valence electrons. The van der Waals surface area contributed by atoms with Gasteiger partial charge in [0, 0.05) is 23.8 Å². The van der Waals surface area contributed by atoms with Gasteiger partial charge in [-0.25, -0.2) is 4.98 Å². The number of rotatable bonds is 3. The van der Waals surface area contributed by atoms with Crippen LogP contribution in [0.5, 0.6) is 0 Å². The van der Waals surface area contributed by atoms with Crippen LogP contribution in [0.4, 0.5) is 0 Å². The summed E-state index contributed by atoms with van der Waals surface area (Å²) in [5, 5.41) is 3.50. The number of hydrogen-bond acceptors (Lipinski definition) is 4. The van der Waals surface area contributed by atoms with E-state index in [4.69, 9.17) is 10.7 Å². The van der Waals surface area contributed by atoms with Gasteiger partial charge in [0.15, 0.2) is 0 Å². The molecule has 1 aliphatic rings. The second-order valence-corrected chi connectivity index (χ2v) is 5.83. The molecule has 2 rings (SSSR count). The summed E-state index contributed by atoms with van der Waals surface area (Å²) in [5.41, 5.74) is 6.96. The quantitative estimate of drug-likeness (QED) is 0.875. The number of nitrogens with two attached hydrogens (primary N) is 1. The van der Waals surface area contributed by atoms with Crippen LogP contribution in [0, 0.1) is 0 Å². The van der Waals surface area contributed by atoms with Gasteiger partial charge in [0.1, 0.15) is 0 Å². The standard InChI is InChI=1S/C12H21N3S/c1-9(13)7-11-8-16-12(14-11)10-3-5-15(2)6-4-10/h8-10H,3-7,13H2,1-2H3. The molecular formula is C12H21N3S. The Labute approximate surface area is 102 Å². The normalized spacial score (nSPS) is 21.2. The summed E-state index contributed by atoms with van der Waals surface area (Å²) >= 11 is 1.81. The SMILES string of the molecule is CC(N)Cc1csc(C2CCN(C)CC2)n1. The Bertz CT molecular complexity index is 327. The zero-order chi connectivity index (χ0) is 11.5. The van der Waals surface area contributed by atoms with E-state index in [1.165, 1.54) is 36.6 Å². The Balaban J connectivity index is 1.96. The van der Waals surface area contributed by atoms with Crippen molar-refractivity contribution in [2.24, 2.45) is 5.73 Å². The van der Waals surface area contributed by atoms with Gasteiger partial charge < -0.3 is 10.6 Å². The molecule has 16 heavy (non-hydrogen) atoms. The van der Waals surface area contributed by atoms with Crippen LogP contribution in [0.25, 0.3) is 0 Å². The van der Waals surface area contributed by atoms with E-state index in [9.17, 15) is 0 Å². The lowest BCUT2D eigenvalue weighted by atomic mass is 9.98. The van der Waals surface area contributed by atoms with Gasteiger partial charge >= 0.3 is 0 Å². The number of likely N-dealkylation sites (tertiary alicyclic amines) is 1. The van der Waals surface area contributed by atoms with Gasteiger partial charge in [-0.2, -0.15) is 0 Å². The van der Waals surface area contributed by atoms with Crippen molar-refractivity contribution in [2.75, 3.05) is 20.1 Å². The Hall–Kier alpha value is -0.450. The maximum absolute atomic E-state index is 5.79. The fourth-order valence-corrected chi connectivity index (χ4v) is 3.19. The lowest BCUT2D eigenvalue weighted by Gasteiger charge is -2.27. The van der Waals surface area contributed by atoms with Gasteiger partial charge in [-0.1, -0.05) is 0 Å². The van der Waals surface area contributed by atoms with Gasteiger partial charge in [-0.15, -0.1) is 11.3 Å². The van der Waals surface area contributed by atoms with Crippen molar-refractivity contribution in [1.29, 1.82) is 0 Å². The van der Waals surface area contributed by atoms with Gasteiger partial charge in [0.05, 0.1) is 10.7 Å². The summed E-state index contributed by atoms with van der Waals surface area (Å²) < 4.78 is 0. The highest BCUT2D eigenvalue weighted by Crippen LogP contribution is 2.29. The van der Waals surface area contributed by atoms with Crippen LogP contribution in [-0.2, 0) is 6.42 Å². The third-order valence-corrected chi connectivity index (χ3v) is 4.22. The summed E-state index contributed by atoms with van der Waals surface area (Å²) in [4.78, 5) is 7.11. The van der Waals surface area contributed by atoms with Crippen molar-refractivity contribution < 1.29 is 0 Å². The van der Waals surface area contributed by atoms with Crippen LogP contribution in [0.3, 0.4) is 0 Å². The highest BCUT2D eigenvalue weighted by atomic mass is 32.1. The van der Waals surface area contributed by atoms with Crippen molar-refractivity contribution >= 4 is 11.3 Å². The predicted molar refractivity (Wildman–Crippen MR) is 68.9 cm³/mol. The van der Waals surface area contributed by atoms with Crippen molar-refractivity contribution in [3.8, 4) is 0 Å². The molecule has 1 aromatic heterocycles. The second kappa shape index (κ2) is 5.25. The fourth-order valence-electron chi connectivity index (χ4n) is 2.19. The number of piperidine rings is 1. The van der Waals surface area contributed by atoms with E-state index in [-0.39, 0.29) is 6.04 Å². The van der Waals surface area contributed by atoms with Crippen LogP contribution in [0.2, 0.25) is 0 Å². The van der Waals surface area contributed by atoms with Crippen LogP contribution in [0.1, 0.15) is 36.4 Å². The second-order valence-electron chi connectivity index (χ2n) is 4.94. The Morgan fingerprint density at radius 2 is 2.25 bits per heavy atom. The maximum Gasteiger partial charge on any atom is 0.0960 e. The summed E-state index contributed by atoms with van der Waals surface area (Å²) in [6, 6.07) is 0.215. The average molecular weight is 239 g/mol. The lowest BCUT2D eigenvalue weighted by Crippen LogP contribution is -2.29. The molecule has 0 bridgehead atoms. The van der Waals surface area contributed by atoms with Gasteiger partial charge in [0.25, 0.3) is 0 Å². The summed E-state index contributed by atoms with van der Waals surface area (Å²) in [5.74, 6) is 0.683. The minimum Gasteiger partial charge on any atom is -0.328 e. The molecule has 2 heterocycles. The molecule has 1 atom stereocenters. The van der Waals surface area contributed by atoms with E-state index in [1.807, 2.05) is 18.3 Å². The summed E-state index contributed by atoms with van der Waals surface area (Å²) in [6.45, 7) is 4.44. The van der Waals surface area contributed by atoms with E-state index < -0.39 is 0 Å². The molecule has 0 amide bonds. The van der Waals surface area contributed by atoms with Crippen LogP contribution >= 0.6 is 11.3 Å². The first-order valence-corrected chi connectivity index (χ1v) is 6.91. The number of thiazole rings is 1. The topological polar surface area (TPSA) is 42.1 Å².